The van der Waals surface area contributed by atoms with Crippen LogP contribution >= 0.6 is 23.2 Å². The lowest BCUT2D eigenvalue weighted by molar-refractivity contribution is -0.141. The van der Waals surface area contributed by atoms with Crippen LogP contribution in [0.3, 0.4) is 0 Å². The molecule has 0 radical (unpaired) electrons. The Morgan fingerprint density at radius 1 is 1.23 bits per heavy atom. The zero-order chi connectivity index (χ0) is 21.4. The number of hydrogen-bond donors (Lipinski definition) is 1. The maximum absolute atomic E-state index is 11.4. The number of imidazole rings is 1. The highest BCUT2D eigenvalue weighted by Gasteiger charge is 2.38. The molecular formula is C22H24Cl2N4O2. The van der Waals surface area contributed by atoms with Crippen LogP contribution in [0.4, 0.5) is 11.6 Å². The summed E-state index contributed by atoms with van der Waals surface area (Å²) in [4.78, 5) is 18.6. The van der Waals surface area contributed by atoms with Crippen molar-refractivity contribution in [1.29, 1.82) is 0 Å². The molecule has 8 heteroatoms. The van der Waals surface area contributed by atoms with E-state index in [0.717, 1.165) is 41.3 Å². The van der Waals surface area contributed by atoms with Gasteiger partial charge in [0.15, 0.2) is 0 Å². The van der Waals surface area contributed by atoms with Gasteiger partial charge in [-0.15, -0.1) is 0 Å². The van der Waals surface area contributed by atoms with Gasteiger partial charge in [-0.3, -0.25) is 4.79 Å². The Morgan fingerprint density at radius 3 is 2.67 bits per heavy atom. The van der Waals surface area contributed by atoms with Crippen LogP contribution in [0.15, 0.2) is 36.4 Å². The van der Waals surface area contributed by atoms with Crippen molar-refractivity contribution < 1.29 is 9.53 Å². The Bertz CT molecular complexity index is 1090. The number of fused-ring (bicyclic) bond motifs is 3. The molecule has 1 N–H and O–H groups in total. The molecule has 0 bridgehead atoms. The molecule has 0 spiro atoms. The van der Waals surface area contributed by atoms with Crippen molar-refractivity contribution in [3.05, 3.63) is 52.0 Å². The van der Waals surface area contributed by atoms with Crippen molar-refractivity contribution in [2.24, 2.45) is 0 Å². The molecule has 4 rings (SSSR count). The zero-order valence-electron chi connectivity index (χ0n) is 17.2. The van der Waals surface area contributed by atoms with Gasteiger partial charge in [0.1, 0.15) is 12.1 Å². The molecule has 2 atom stereocenters. The molecule has 2 unspecified atom stereocenters. The van der Waals surface area contributed by atoms with Crippen LogP contribution in [0.5, 0.6) is 0 Å². The third kappa shape index (κ3) is 3.59. The van der Waals surface area contributed by atoms with Crippen LogP contribution in [0.2, 0.25) is 10.0 Å². The van der Waals surface area contributed by atoms with Crippen molar-refractivity contribution in [3.63, 3.8) is 0 Å². The molecular weight excluding hydrogens is 423 g/mol. The van der Waals surface area contributed by atoms with E-state index in [9.17, 15) is 4.79 Å². The van der Waals surface area contributed by atoms with Crippen LogP contribution in [-0.4, -0.2) is 41.3 Å². The SMILES string of the molecule is CCN(CC)c1cccc2c1nc1n2C(c2ccc(Cl)cc2Cl)C(COC(C)=O)N1. The Kier molecular flexibility index (Phi) is 5.80. The van der Waals surface area contributed by atoms with Crippen LogP contribution in [0.25, 0.3) is 11.0 Å². The highest BCUT2D eigenvalue weighted by Crippen LogP contribution is 2.42. The van der Waals surface area contributed by atoms with E-state index in [2.05, 4.69) is 40.8 Å². The van der Waals surface area contributed by atoms with Gasteiger partial charge in [0, 0.05) is 30.1 Å². The Morgan fingerprint density at radius 2 is 2.00 bits per heavy atom. The number of benzene rings is 2. The molecule has 30 heavy (non-hydrogen) atoms. The number of carbonyl (C=O) groups excluding carboxylic acids is 1. The second-order valence-corrected chi connectivity index (χ2v) is 8.13. The topological polar surface area (TPSA) is 59.4 Å². The Labute approximate surface area is 185 Å². The van der Waals surface area contributed by atoms with E-state index in [1.807, 2.05) is 18.2 Å². The lowest BCUT2D eigenvalue weighted by Gasteiger charge is -2.24. The van der Waals surface area contributed by atoms with E-state index in [1.165, 1.54) is 6.92 Å². The fraction of sp³-hybridized carbons (Fsp3) is 0.364. The number of para-hydroxylation sites is 1. The van der Waals surface area contributed by atoms with E-state index in [4.69, 9.17) is 32.9 Å². The lowest BCUT2D eigenvalue weighted by atomic mass is 10.00. The molecule has 1 aromatic heterocycles. The molecule has 0 fully saturated rings. The lowest BCUT2D eigenvalue weighted by Crippen LogP contribution is -2.30. The third-order valence-corrected chi connectivity index (χ3v) is 6.09. The van der Waals surface area contributed by atoms with Gasteiger partial charge in [-0.1, -0.05) is 35.3 Å². The number of ether oxygens (including phenoxy) is 1. The molecule has 0 saturated carbocycles. The number of hydrogen-bond acceptors (Lipinski definition) is 5. The van der Waals surface area contributed by atoms with E-state index in [1.54, 1.807) is 6.07 Å². The van der Waals surface area contributed by atoms with Gasteiger partial charge in [-0.05, 0) is 43.7 Å². The third-order valence-electron chi connectivity index (χ3n) is 5.52. The molecule has 2 aromatic carbocycles. The van der Waals surface area contributed by atoms with E-state index < -0.39 is 0 Å². The summed E-state index contributed by atoms with van der Waals surface area (Å²) in [7, 11) is 0. The van der Waals surface area contributed by atoms with Gasteiger partial charge in [-0.25, -0.2) is 4.98 Å². The van der Waals surface area contributed by atoms with E-state index in [0.29, 0.717) is 10.0 Å². The Hall–Kier alpha value is -2.44. The quantitative estimate of drug-likeness (QED) is 0.531. The fourth-order valence-electron chi connectivity index (χ4n) is 4.17. The van der Waals surface area contributed by atoms with Gasteiger partial charge >= 0.3 is 5.97 Å². The van der Waals surface area contributed by atoms with Gasteiger partial charge in [-0.2, -0.15) is 0 Å². The zero-order valence-corrected chi connectivity index (χ0v) is 18.7. The second kappa shape index (κ2) is 8.36. The van der Waals surface area contributed by atoms with Crippen LogP contribution in [0.1, 0.15) is 32.4 Å². The number of nitrogens with zero attached hydrogens (tertiary/aromatic N) is 3. The molecule has 0 amide bonds. The molecule has 158 valence electrons. The van der Waals surface area contributed by atoms with Crippen molar-refractivity contribution in [1.82, 2.24) is 9.55 Å². The minimum absolute atomic E-state index is 0.193. The molecule has 1 aliphatic heterocycles. The average molecular weight is 447 g/mol. The maximum atomic E-state index is 11.4. The highest BCUT2D eigenvalue weighted by atomic mass is 35.5. The predicted octanol–water partition coefficient (Wildman–Crippen LogP) is 5.14. The predicted molar refractivity (Wildman–Crippen MR) is 122 cm³/mol. The number of carbonyl (C=O) groups is 1. The van der Waals surface area contributed by atoms with Gasteiger partial charge < -0.3 is 19.5 Å². The summed E-state index contributed by atoms with van der Waals surface area (Å²) in [6.07, 6.45) is 0. The van der Waals surface area contributed by atoms with Crippen molar-refractivity contribution in [3.8, 4) is 0 Å². The summed E-state index contributed by atoms with van der Waals surface area (Å²) in [6.45, 7) is 7.67. The molecule has 0 aliphatic carbocycles. The molecule has 6 nitrogen and oxygen atoms in total. The van der Waals surface area contributed by atoms with E-state index >= 15 is 0 Å². The summed E-state index contributed by atoms with van der Waals surface area (Å²) < 4.78 is 7.48. The van der Waals surface area contributed by atoms with Crippen LogP contribution in [-0.2, 0) is 9.53 Å². The normalized spacial score (nSPS) is 17.6. The van der Waals surface area contributed by atoms with Crippen molar-refractivity contribution >= 4 is 51.8 Å². The number of nitrogens with one attached hydrogen (secondary N) is 1. The minimum atomic E-state index is -0.323. The number of esters is 1. The first kappa shape index (κ1) is 20.8. The number of aromatic nitrogens is 2. The average Bonchev–Trinajstić information content (AvgIpc) is 3.24. The first-order valence-electron chi connectivity index (χ1n) is 10.0. The van der Waals surface area contributed by atoms with Gasteiger partial charge in [0.05, 0.1) is 23.3 Å². The number of rotatable bonds is 6. The standard InChI is InChI=1S/C22H24Cl2N4O2/c1-4-27(5-2)18-7-6-8-19-20(18)26-22-25-17(12-30-13(3)29)21(28(19)22)15-10-9-14(23)11-16(15)24/h6-11,17,21H,4-5,12H2,1-3H3,(H,25,26). The summed E-state index contributed by atoms with van der Waals surface area (Å²) in [5, 5.41) is 4.58. The van der Waals surface area contributed by atoms with E-state index in [-0.39, 0.29) is 24.7 Å². The fourth-order valence-corrected chi connectivity index (χ4v) is 4.69. The van der Waals surface area contributed by atoms with Gasteiger partial charge in [0.2, 0.25) is 5.95 Å². The smallest absolute Gasteiger partial charge is 0.302 e. The Balaban J connectivity index is 1.87. The summed E-state index contributed by atoms with van der Waals surface area (Å²) in [6, 6.07) is 11.3. The number of anilines is 2. The first-order chi connectivity index (χ1) is 14.4. The first-order valence-corrected chi connectivity index (χ1v) is 10.8. The molecule has 1 aliphatic rings. The molecule has 3 aromatic rings. The summed E-state index contributed by atoms with van der Waals surface area (Å²) in [5.41, 5.74) is 3.93. The number of halogens is 2. The minimum Gasteiger partial charge on any atom is -0.464 e. The van der Waals surface area contributed by atoms with Crippen LogP contribution in [0, 0.1) is 0 Å². The van der Waals surface area contributed by atoms with Crippen LogP contribution < -0.4 is 10.2 Å². The molecule has 2 heterocycles. The van der Waals surface area contributed by atoms with Crippen molar-refractivity contribution in [2.45, 2.75) is 32.9 Å². The monoisotopic (exact) mass is 446 g/mol. The van der Waals surface area contributed by atoms with Crippen molar-refractivity contribution in [2.75, 3.05) is 29.9 Å². The summed E-state index contributed by atoms with van der Waals surface area (Å²) in [5.74, 6) is 0.411. The second-order valence-electron chi connectivity index (χ2n) is 7.29. The molecule has 0 saturated heterocycles. The largest absolute Gasteiger partial charge is 0.464 e. The highest BCUT2D eigenvalue weighted by molar-refractivity contribution is 6.35. The maximum Gasteiger partial charge on any atom is 0.302 e. The summed E-state index contributed by atoms with van der Waals surface area (Å²) >= 11 is 12.7. The van der Waals surface area contributed by atoms with Gasteiger partial charge in [0.25, 0.3) is 0 Å².